The molecule has 0 heterocycles. The van der Waals surface area contributed by atoms with E-state index in [9.17, 15) is 10.2 Å². The largest absolute Gasteiger partial charge is 0.393 e. The summed E-state index contributed by atoms with van der Waals surface area (Å²) in [4.78, 5) is 0. The third-order valence-electron chi connectivity index (χ3n) is 3.34. The van der Waals surface area contributed by atoms with Gasteiger partial charge in [-0.15, -0.1) is 6.58 Å². The third kappa shape index (κ3) is 4.95. The van der Waals surface area contributed by atoms with Crippen molar-refractivity contribution in [1.82, 2.24) is 0 Å². The summed E-state index contributed by atoms with van der Waals surface area (Å²) in [6.45, 7) is 3.57. The molecule has 1 aliphatic carbocycles. The van der Waals surface area contributed by atoms with Gasteiger partial charge < -0.3 is 10.2 Å². The standard InChI is InChI=1S/C14H24O2/c1-2-7-13(15)10-6-11-14(16)12-8-4-3-5-9-12/h2,6,10,12-16H,1,3-5,7-9,11H2/b10-6+/t13-,14+/m1/s1. The van der Waals surface area contributed by atoms with E-state index in [4.69, 9.17) is 0 Å². The van der Waals surface area contributed by atoms with Crippen molar-refractivity contribution in [3.05, 3.63) is 24.8 Å². The van der Waals surface area contributed by atoms with Crippen LogP contribution in [0.25, 0.3) is 0 Å². The van der Waals surface area contributed by atoms with Gasteiger partial charge in [-0.2, -0.15) is 0 Å². The van der Waals surface area contributed by atoms with Gasteiger partial charge in [-0.25, -0.2) is 0 Å². The Morgan fingerprint density at radius 1 is 1.12 bits per heavy atom. The van der Waals surface area contributed by atoms with E-state index >= 15 is 0 Å². The second-order valence-electron chi connectivity index (χ2n) is 4.72. The number of hydrogen-bond donors (Lipinski definition) is 2. The Labute approximate surface area is 98.7 Å². The van der Waals surface area contributed by atoms with Gasteiger partial charge in [0.2, 0.25) is 0 Å². The van der Waals surface area contributed by atoms with Crippen molar-refractivity contribution in [3.8, 4) is 0 Å². The summed E-state index contributed by atoms with van der Waals surface area (Å²) in [7, 11) is 0. The van der Waals surface area contributed by atoms with Gasteiger partial charge in [0.1, 0.15) is 0 Å². The van der Waals surface area contributed by atoms with Crippen LogP contribution < -0.4 is 0 Å². The molecule has 92 valence electrons. The summed E-state index contributed by atoms with van der Waals surface area (Å²) in [5, 5.41) is 19.4. The zero-order valence-electron chi connectivity index (χ0n) is 10.0. The number of aliphatic hydroxyl groups excluding tert-OH is 2. The summed E-state index contributed by atoms with van der Waals surface area (Å²) in [6, 6.07) is 0. The zero-order valence-corrected chi connectivity index (χ0v) is 10.0. The van der Waals surface area contributed by atoms with E-state index in [1.165, 1.54) is 19.3 Å². The fourth-order valence-electron chi connectivity index (χ4n) is 2.34. The van der Waals surface area contributed by atoms with Crippen LogP contribution in [0.4, 0.5) is 0 Å². The molecule has 0 amide bonds. The molecule has 0 bridgehead atoms. The molecule has 0 radical (unpaired) electrons. The molecule has 1 rings (SSSR count). The lowest BCUT2D eigenvalue weighted by Gasteiger charge is -2.25. The smallest absolute Gasteiger partial charge is 0.0755 e. The van der Waals surface area contributed by atoms with Gasteiger partial charge in [0.05, 0.1) is 12.2 Å². The van der Waals surface area contributed by atoms with Crippen LogP contribution in [0, 0.1) is 5.92 Å². The molecule has 0 aromatic heterocycles. The fraction of sp³-hybridized carbons (Fsp3) is 0.714. The van der Waals surface area contributed by atoms with Crippen LogP contribution in [0.15, 0.2) is 24.8 Å². The van der Waals surface area contributed by atoms with Gasteiger partial charge in [-0.1, -0.05) is 37.5 Å². The minimum atomic E-state index is -0.448. The van der Waals surface area contributed by atoms with Crippen LogP contribution in [0.3, 0.4) is 0 Å². The van der Waals surface area contributed by atoms with Crippen LogP contribution in [0.5, 0.6) is 0 Å². The molecule has 2 atom stereocenters. The molecule has 16 heavy (non-hydrogen) atoms. The SMILES string of the molecule is C=CC[C@@H](O)/C=C/C[C@H](O)C1CCCCC1. The maximum absolute atomic E-state index is 9.96. The Morgan fingerprint density at radius 3 is 2.44 bits per heavy atom. The van der Waals surface area contributed by atoms with Gasteiger partial charge in [-0.05, 0) is 31.6 Å². The van der Waals surface area contributed by atoms with Gasteiger partial charge in [0.25, 0.3) is 0 Å². The summed E-state index contributed by atoms with van der Waals surface area (Å²) in [6.07, 6.45) is 12.1. The Hall–Kier alpha value is -0.600. The Balaban J connectivity index is 2.22. The van der Waals surface area contributed by atoms with Crippen LogP contribution in [-0.2, 0) is 0 Å². The van der Waals surface area contributed by atoms with Gasteiger partial charge in [0, 0.05) is 0 Å². The van der Waals surface area contributed by atoms with Crippen molar-refractivity contribution in [1.29, 1.82) is 0 Å². The molecule has 0 spiro atoms. The first-order chi connectivity index (χ1) is 7.74. The summed E-state index contributed by atoms with van der Waals surface area (Å²) >= 11 is 0. The molecular weight excluding hydrogens is 200 g/mol. The van der Waals surface area contributed by atoms with Gasteiger partial charge in [0.15, 0.2) is 0 Å². The first kappa shape index (κ1) is 13.5. The average Bonchev–Trinajstić information content (AvgIpc) is 2.30. The van der Waals surface area contributed by atoms with E-state index in [1.54, 1.807) is 12.2 Å². The van der Waals surface area contributed by atoms with E-state index in [0.29, 0.717) is 18.8 Å². The maximum atomic E-state index is 9.96. The van der Waals surface area contributed by atoms with Crippen molar-refractivity contribution >= 4 is 0 Å². The summed E-state index contributed by atoms with van der Waals surface area (Å²) in [5.41, 5.74) is 0. The predicted octanol–water partition coefficient (Wildman–Crippen LogP) is 2.81. The van der Waals surface area contributed by atoms with Crippen molar-refractivity contribution in [2.24, 2.45) is 5.92 Å². The lowest BCUT2D eigenvalue weighted by atomic mass is 9.84. The first-order valence-electron chi connectivity index (χ1n) is 6.37. The van der Waals surface area contributed by atoms with E-state index in [2.05, 4.69) is 6.58 Å². The minimum absolute atomic E-state index is 0.229. The number of rotatable bonds is 6. The summed E-state index contributed by atoms with van der Waals surface area (Å²) < 4.78 is 0. The van der Waals surface area contributed by atoms with Crippen LogP contribution in [-0.4, -0.2) is 22.4 Å². The molecule has 2 N–H and O–H groups in total. The molecule has 0 unspecified atom stereocenters. The molecule has 1 aliphatic rings. The molecule has 0 aliphatic heterocycles. The zero-order chi connectivity index (χ0) is 11.8. The van der Waals surface area contributed by atoms with Crippen molar-refractivity contribution in [3.63, 3.8) is 0 Å². The molecule has 0 aromatic rings. The van der Waals surface area contributed by atoms with Crippen molar-refractivity contribution in [2.45, 2.75) is 57.2 Å². The van der Waals surface area contributed by atoms with Crippen molar-refractivity contribution in [2.75, 3.05) is 0 Å². The third-order valence-corrected chi connectivity index (χ3v) is 3.34. The van der Waals surface area contributed by atoms with E-state index < -0.39 is 6.10 Å². The highest BCUT2D eigenvalue weighted by Gasteiger charge is 2.20. The number of hydrogen-bond acceptors (Lipinski definition) is 2. The van der Waals surface area contributed by atoms with Gasteiger partial charge in [-0.3, -0.25) is 0 Å². The Morgan fingerprint density at radius 2 is 1.81 bits per heavy atom. The quantitative estimate of drug-likeness (QED) is 0.681. The molecule has 0 saturated heterocycles. The lowest BCUT2D eigenvalue weighted by molar-refractivity contribution is 0.0871. The number of aliphatic hydroxyl groups is 2. The summed E-state index contributed by atoms with van der Waals surface area (Å²) in [5.74, 6) is 0.468. The van der Waals surface area contributed by atoms with Crippen LogP contribution in [0.1, 0.15) is 44.9 Å². The molecular formula is C14H24O2. The Bertz CT molecular complexity index is 217. The topological polar surface area (TPSA) is 40.5 Å². The fourth-order valence-corrected chi connectivity index (χ4v) is 2.34. The van der Waals surface area contributed by atoms with Gasteiger partial charge >= 0.3 is 0 Å². The highest BCUT2D eigenvalue weighted by molar-refractivity contribution is 4.93. The molecule has 1 fully saturated rings. The van der Waals surface area contributed by atoms with E-state index in [0.717, 1.165) is 12.8 Å². The normalized spacial score (nSPS) is 22.1. The highest BCUT2D eigenvalue weighted by Crippen LogP contribution is 2.27. The van der Waals surface area contributed by atoms with E-state index in [-0.39, 0.29) is 6.10 Å². The van der Waals surface area contributed by atoms with Crippen LogP contribution >= 0.6 is 0 Å². The van der Waals surface area contributed by atoms with Crippen molar-refractivity contribution < 1.29 is 10.2 Å². The molecule has 0 aromatic carbocycles. The monoisotopic (exact) mass is 224 g/mol. The highest BCUT2D eigenvalue weighted by atomic mass is 16.3. The molecule has 1 saturated carbocycles. The second kappa shape index (κ2) is 7.64. The second-order valence-corrected chi connectivity index (χ2v) is 4.72. The first-order valence-corrected chi connectivity index (χ1v) is 6.37. The van der Waals surface area contributed by atoms with E-state index in [1.807, 2.05) is 6.08 Å². The Kier molecular flexibility index (Phi) is 6.43. The lowest BCUT2D eigenvalue weighted by Crippen LogP contribution is -2.22. The molecule has 2 nitrogen and oxygen atoms in total. The average molecular weight is 224 g/mol. The maximum Gasteiger partial charge on any atom is 0.0755 e. The molecule has 2 heteroatoms. The minimum Gasteiger partial charge on any atom is -0.393 e. The predicted molar refractivity (Wildman–Crippen MR) is 67.2 cm³/mol. The van der Waals surface area contributed by atoms with Crippen LogP contribution in [0.2, 0.25) is 0 Å².